The van der Waals surface area contributed by atoms with Crippen molar-refractivity contribution >= 4 is 33.6 Å². The minimum Gasteiger partial charge on any atom is -0.507 e. The maximum atomic E-state index is 9.73. The smallest absolute Gasteiger partial charge is 0.138 e. The molecule has 2 N–H and O–H groups in total. The normalized spacial score (nSPS) is 11.0. The van der Waals surface area contributed by atoms with Crippen molar-refractivity contribution in [1.29, 1.82) is 0 Å². The van der Waals surface area contributed by atoms with Crippen LogP contribution in [-0.2, 0) is 0 Å². The van der Waals surface area contributed by atoms with Crippen molar-refractivity contribution in [3.05, 3.63) is 45.5 Å². The third-order valence-electron chi connectivity index (χ3n) is 2.86. The van der Waals surface area contributed by atoms with E-state index in [-0.39, 0.29) is 5.75 Å². The molecule has 0 fully saturated rings. The number of halogens is 1. The predicted molar refractivity (Wildman–Crippen MR) is 80.6 cm³/mol. The van der Waals surface area contributed by atoms with Crippen LogP contribution in [0.5, 0.6) is 5.75 Å². The summed E-state index contributed by atoms with van der Waals surface area (Å²) in [4.78, 5) is 7.80. The average Bonchev–Trinajstić information content (AvgIpc) is 2.75. The summed E-state index contributed by atoms with van der Waals surface area (Å²) in [5, 5.41) is 9.73. The Bertz CT molecular complexity index is 734. The lowest BCUT2D eigenvalue weighted by Gasteiger charge is -1.99. The lowest BCUT2D eigenvalue weighted by Crippen LogP contribution is -1.81. The molecule has 0 amide bonds. The van der Waals surface area contributed by atoms with Crippen molar-refractivity contribution in [3.8, 4) is 17.1 Å². The van der Waals surface area contributed by atoms with Gasteiger partial charge < -0.3 is 10.1 Å². The van der Waals surface area contributed by atoms with Crippen LogP contribution < -0.4 is 0 Å². The number of rotatable bonds is 1. The van der Waals surface area contributed by atoms with Crippen LogP contribution in [0.25, 0.3) is 22.4 Å². The van der Waals surface area contributed by atoms with Crippen molar-refractivity contribution in [2.45, 2.75) is 6.92 Å². The van der Waals surface area contributed by atoms with Crippen LogP contribution in [0.4, 0.5) is 0 Å². The number of hydrogen-bond acceptors (Lipinski definition) is 2. The first-order valence-electron chi connectivity index (χ1n) is 5.59. The molecule has 4 heteroatoms. The first-order chi connectivity index (χ1) is 8.63. The lowest BCUT2D eigenvalue weighted by atomic mass is 10.2. The van der Waals surface area contributed by atoms with Gasteiger partial charge in [-0.15, -0.1) is 0 Å². The minimum atomic E-state index is 0.282. The van der Waals surface area contributed by atoms with E-state index in [1.165, 1.54) is 5.56 Å². The van der Waals surface area contributed by atoms with E-state index in [2.05, 4.69) is 45.5 Å². The monoisotopic (exact) mass is 350 g/mol. The molecule has 3 rings (SSSR count). The van der Waals surface area contributed by atoms with E-state index < -0.39 is 0 Å². The Hall–Kier alpha value is -1.56. The Balaban J connectivity index is 2.16. The number of nitrogens with zero attached hydrogens (tertiary/aromatic N) is 1. The summed E-state index contributed by atoms with van der Waals surface area (Å²) >= 11 is 2.10. The highest BCUT2D eigenvalue weighted by Crippen LogP contribution is 2.27. The number of imidazole rings is 1. The molecule has 0 bridgehead atoms. The van der Waals surface area contributed by atoms with Gasteiger partial charge in [-0.05, 0) is 65.4 Å². The van der Waals surface area contributed by atoms with Gasteiger partial charge in [-0.2, -0.15) is 0 Å². The van der Waals surface area contributed by atoms with Gasteiger partial charge in [-0.3, -0.25) is 0 Å². The van der Waals surface area contributed by atoms with Crippen molar-refractivity contribution < 1.29 is 5.11 Å². The van der Waals surface area contributed by atoms with Crippen LogP contribution in [0.1, 0.15) is 5.56 Å². The third-order valence-corrected chi connectivity index (χ3v) is 3.77. The Morgan fingerprint density at radius 2 is 2.00 bits per heavy atom. The molecule has 0 saturated carbocycles. The Morgan fingerprint density at radius 1 is 1.17 bits per heavy atom. The van der Waals surface area contributed by atoms with E-state index in [1.54, 1.807) is 6.07 Å². The first kappa shape index (κ1) is 11.5. The molecule has 18 heavy (non-hydrogen) atoms. The maximum Gasteiger partial charge on any atom is 0.138 e. The van der Waals surface area contributed by atoms with Crippen molar-refractivity contribution in [3.63, 3.8) is 0 Å². The summed E-state index contributed by atoms with van der Waals surface area (Å²) < 4.78 is 0.836. The topological polar surface area (TPSA) is 48.9 Å². The molecule has 90 valence electrons. The van der Waals surface area contributed by atoms with E-state index >= 15 is 0 Å². The predicted octanol–water partition coefficient (Wildman–Crippen LogP) is 3.85. The maximum absolute atomic E-state index is 9.73. The van der Waals surface area contributed by atoms with Crippen LogP contribution >= 0.6 is 22.6 Å². The zero-order valence-electron chi connectivity index (χ0n) is 9.74. The third kappa shape index (κ3) is 1.96. The van der Waals surface area contributed by atoms with E-state index in [0.717, 1.165) is 26.0 Å². The fraction of sp³-hybridized carbons (Fsp3) is 0.0714. The highest BCUT2D eigenvalue weighted by molar-refractivity contribution is 14.1. The summed E-state index contributed by atoms with van der Waals surface area (Å²) in [7, 11) is 0. The number of phenolic OH excluding ortho intramolecular Hbond substituents is 1. The molecule has 0 spiro atoms. The van der Waals surface area contributed by atoms with Gasteiger partial charge in [0, 0.05) is 5.56 Å². The number of hydrogen-bond donors (Lipinski definition) is 2. The lowest BCUT2D eigenvalue weighted by molar-refractivity contribution is 0.471. The van der Waals surface area contributed by atoms with Crippen molar-refractivity contribution in [2.75, 3.05) is 0 Å². The molecule has 1 heterocycles. The summed E-state index contributed by atoms with van der Waals surface area (Å²) in [5.41, 5.74) is 4.04. The summed E-state index contributed by atoms with van der Waals surface area (Å²) in [6, 6.07) is 11.7. The van der Waals surface area contributed by atoms with Crippen LogP contribution in [-0.4, -0.2) is 15.1 Å². The summed E-state index contributed by atoms with van der Waals surface area (Å²) in [5.74, 6) is 1.06. The fourth-order valence-electron chi connectivity index (χ4n) is 1.92. The van der Waals surface area contributed by atoms with Gasteiger partial charge in [0.2, 0.25) is 0 Å². The van der Waals surface area contributed by atoms with Gasteiger partial charge in [-0.1, -0.05) is 6.07 Å². The van der Waals surface area contributed by atoms with Gasteiger partial charge in [0.1, 0.15) is 11.6 Å². The van der Waals surface area contributed by atoms with Gasteiger partial charge in [0.05, 0.1) is 14.6 Å². The highest BCUT2D eigenvalue weighted by Gasteiger charge is 2.07. The molecule has 2 aromatic carbocycles. The number of benzene rings is 2. The largest absolute Gasteiger partial charge is 0.507 e. The molecule has 0 aliphatic heterocycles. The number of fused-ring (bicyclic) bond motifs is 1. The summed E-state index contributed by atoms with van der Waals surface area (Å²) in [6.07, 6.45) is 0. The first-order valence-corrected chi connectivity index (χ1v) is 6.66. The number of aromatic amines is 1. The van der Waals surface area contributed by atoms with Crippen molar-refractivity contribution in [2.24, 2.45) is 0 Å². The zero-order valence-corrected chi connectivity index (χ0v) is 11.9. The summed E-state index contributed by atoms with van der Waals surface area (Å²) in [6.45, 7) is 2.05. The molecule has 0 atom stereocenters. The van der Waals surface area contributed by atoms with E-state index in [9.17, 15) is 5.11 Å². The number of aromatic hydroxyl groups is 1. The van der Waals surface area contributed by atoms with Crippen LogP contribution in [0.2, 0.25) is 0 Å². The van der Waals surface area contributed by atoms with Gasteiger partial charge in [-0.25, -0.2) is 4.98 Å². The molecular weight excluding hydrogens is 339 g/mol. The van der Waals surface area contributed by atoms with Gasteiger partial charge in [0.15, 0.2) is 0 Å². The molecule has 3 aromatic rings. The number of nitrogens with one attached hydrogen (secondary N) is 1. The Kier molecular flexibility index (Phi) is 2.74. The average molecular weight is 350 g/mol. The number of aryl methyl sites for hydroxylation is 1. The van der Waals surface area contributed by atoms with Crippen molar-refractivity contribution in [1.82, 2.24) is 9.97 Å². The molecule has 0 unspecified atom stereocenters. The molecule has 1 aromatic heterocycles. The van der Waals surface area contributed by atoms with E-state index in [1.807, 2.05) is 24.3 Å². The molecular formula is C14H11IN2O. The van der Waals surface area contributed by atoms with Gasteiger partial charge in [0.25, 0.3) is 0 Å². The van der Waals surface area contributed by atoms with Crippen LogP contribution in [0.15, 0.2) is 36.4 Å². The second-order valence-electron chi connectivity index (χ2n) is 4.27. The highest BCUT2D eigenvalue weighted by atomic mass is 127. The molecule has 0 saturated heterocycles. The van der Waals surface area contributed by atoms with Crippen LogP contribution in [0.3, 0.4) is 0 Å². The minimum absolute atomic E-state index is 0.282. The second kappa shape index (κ2) is 4.28. The fourth-order valence-corrected chi connectivity index (χ4v) is 2.26. The number of phenols is 1. The van der Waals surface area contributed by atoms with Crippen LogP contribution in [0, 0.1) is 10.5 Å². The molecule has 3 nitrogen and oxygen atoms in total. The quantitative estimate of drug-likeness (QED) is 0.655. The SMILES string of the molecule is Cc1ccc2nc(-c3ccc(I)c(O)c3)[nH]c2c1. The standard InChI is InChI=1S/C14H11IN2O/c1-8-2-5-11-12(6-8)17-14(16-11)9-3-4-10(15)13(18)7-9/h2-7,18H,1H3,(H,16,17). The molecule has 0 aliphatic carbocycles. The second-order valence-corrected chi connectivity index (χ2v) is 5.43. The Morgan fingerprint density at radius 3 is 2.78 bits per heavy atom. The van der Waals surface area contributed by atoms with E-state index in [4.69, 9.17) is 0 Å². The molecule has 0 aliphatic rings. The Labute approximate surface area is 118 Å². The zero-order chi connectivity index (χ0) is 12.7. The molecule has 0 radical (unpaired) electrons. The number of aromatic nitrogens is 2. The number of H-pyrrole nitrogens is 1. The van der Waals surface area contributed by atoms with E-state index in [0.29, 0.717) is 0 Å². The van der Waals surface area contributed by atoms with Gasteiger partial charge >= 0.3 is 0 Å².